The molecule has 0 bridgehead atoms. The normalized spacial score (nSPS) is 10.7. The van der Waals surface area contributed by atoms with Crippen LogP contribution in [0.3, 0.4) is 0 Å². The molecule has 6 heteroatoms. The number of rotatable bonds is 5. The topological polar surface area (TPSA) is 25.2 Å². The van der Waals surface area contributed by atoms with Crippen molar-refractivity contribution >= 4 is 40.7 Å². The van der Waals surface area contributed by atoms with Crippen LogP contribution < -0.4 is 5.32 Å². The molecule has 0 aliphatic heterocycles. The van der Waals surface area contributed by atoms with E-state index in [1.165, 1.54) is 12.1 Å². The minimum absolute atomic E-state index is 0.00230. The van der Waals surface area contributed by atoms with Crippen molar-refractivity contribution in [3.63, 3.8) is 0 Å². The highest BCUT2D eigenvalue weighted by Gasteiger charge is 2.08. The van der Waals surface area contributed by atoms with E-state index in [2.05, 4.69) is 5.32 Å². The number of anilines is 1. The maximum atomic E-state index is 13.2. The molecule has 1 N–H and O–H groups in total. The molecular formula is C13H12Cl2FNOS. The first-order valence-electron chi connectivity index (χ1n) is 5.55. The van der Waals surface area contributed by atoms with Gasteiger partial charge in [0.2, 0.25) is 0 Å². The number of hydrogen-bond donors (Lipinski definition) is 1. The number of nitrogens with one attached hydrogen (secondary N) is 1. The average molecular weight is 320 g/mol. The van der Waals surface area contributed by atoms with E-state index in [0.717, 1.165) is 17.3 Å². The summed E-state index contributed by atoms with van der Waals surface area (Å²) in [4.78, 5) is 0. The van der Waals surface area contributed by atoms with E-state index in [0.29, 0.717) is 12.2 Å². The van der Waals surface area contributed by atoms with Crippen LogP contribution in [0.15, 0.2) is 28.7 Å². The van der Waals surface area contributed by atoms with Crippen molar-refractivity contribution < 1.29 is 8.81 Å². The second kappa shape index (κ2) is 6.55. The minimum Gasteiger partial charge on any atom is -0.463 e. The van der Waals surface area contributed by atoms with Gasteiger partial charge in [0.25, 0.3) is 0 Å². The third-order valence-corrected chi connectivity index (χ3v) is 3.58. The van der Waals surface area contributed by atoms with Crippen molar-refractivity contribution in [2.75, 3.05) is 11.6 Å². The Balaban J connectivity index is 2.01. The van der Waals surface area contributed by atoms with E-state index in [1.54, 1.807) is 11.8 Å². The molecule has 0 spiro atoms. The lowest BCUT2D eigenvalue weighted by atomic mass is 10.3. The number of benzene rings is 1. The van der Waals surface area contributed by atoms with E-state index >= 15 is 0 Å². The zero-order valence-electron chi connectivity index (χ0n) is 10.2. The summed E-state index contributed by atoms with van der Waals surface area (Å²) in [6.45, 7) is 0.493. The summed E-state index contributed by atoms with van der Waals surface area (Å²) in [5, 5.41) is 3.08. The van der Waals surface area contributed by atoms with Gasteiger partial charge in [0, 0.05) is 5.69 Å². The Morgan fingerprint density at radius 3 is 2.47 bits per heavy atom. The molecule has 2 rings (SSSR count). The number of halogens is 3. The first-order chi connectivity index (χ1) is 9.10. The molecule has 0 saturated heterocycles. The summed E-state index contributed by atoms with van der Waals surface area (Å²) in [7, 11) is 0. The third kappa shape index (κ3) is 3.81. The molecule has 2 nitrogen and oxygen atoms in total. The lowest BCUT2D eigenvalue weighted by Gasteiger charge is -2.06. The summed E-state index contributed by atoms with van der Waals surface area (Å²) in [6, 6.07) is 6.84. The molecule has 0 aliphatic carbocycles. The Labute approximate surface area is 125 Å². The van der Waals surface area contributed by atoms with Crippen molar-refractivity contribution in [2.24, 2.45) is 0 Å². The molecule has 1 heterocycles. The Kier molecular flexibility index (Phi) is 5.02. The molecule has 2 aromatic rings. The van der Waals surface area contributed by atoms with E-state index in [1.807, 2.05) is 18.4 Å². The first-order valence-corrected chi connectivity index (χ1v) is 7.70. The average Bonchev–Trinajstić information content (AvgIpc) is 2.81. The predicted molar refractivity (Wildman–Crippen MR) is 79.7 cm³/mol. The SMILES string of the molecule is CSCc1ccc(CNc2cc(Cl)c(F)c(Cl)c2)o1. The molecule has 0 atom stereocenters. The molecule has 1 aromatic carbocycles. The molecule has 0 saturated carbocycles. The summed E-state index contributed by atoms with van der Waals surface area (Å²) < 4.78 is 18.9. The van der Waals surface area contributed by atoms with Crippen LogP contribution in [0.4, 0.5) is 10.1 Å². The first kappa shape index (κ1) is 14.6. The van der Waals surface area contributed by atoms with Crippen molar-refractivity contribution in [2.45, 2.75) is 12.3 Å². The van der Waals surface area contributed by atoms with Gasteiger partial charge in [-0.25, -0.2) is 4.39 Å². The molecule has 102 valence electrons. The van der Waals surface area contributed by atoms with Gasteiger partial charge in [-0.05, 0) is 30.5 Å². The van der Waals surface area contributed by atoms with Gasteiger partial charge in [-0.15, -0.1) is 0 Å². The Bertz CT molecular complexity index is 551. The van der Waals surface area contributed by atoms with Gasteiger partial charge in [-0.1, -0.05) is 23.2 Å². The maximum absolute atomic E-state index is 13.2. The van der Waals surface area contributed by atoms with Gasteiger partial charge < -0.3 is 9.73 Å². The van der Waals surface area contributed by atoms with Gasteiger partial charge >= 0.3 is 0 Å². The number of furan rings is 1. The lowest BCUT2D eigenvalue weighted by molar-refractivity contribution is 0.487. The van der Waals surface area contributed by atoms with E-state index < -0.39 is 5.82 Å². The van der Waals surface area contributed by atoms with Gasteiger partial charge in [-0.2, -0.15) is 11.8 Å². The van der Waals surface area contributed by atoms with Crippen molar-refractivity contribution in [1.82, 2.24) is 0 Å². The smallest absolute Gasteiger partial charge is 0.160 e. The van der Waals surface area contributed by atoms with E-state index in [-0.39, 0.29) is 10.0 Å². The summed E-state index contributed by atoms with van der Waals surface area (Å²) in [6.07, 6.45) is 2.02. The zero-order chi connectivity index (χ0) is 13.8. The van der Waals surface area contributed by atoms with Crippen LogP contribution in [0.2, 0.25) is 10.0 Å². The van der Waals surface area contributed by atoms with Crippen LogP contribution in [0.1, 0.15) is 11.5 Å². The van der Waals surface area contributed by atoms with Crippen molar-refractivity contribution in [3.05, 3.63) is 51.6 Å². The molecular weight excluding hydrogens is 308 g/mol. The molecule has 0 fully saturated rings. The van der Waals surface area contributed by atoms with Crippen LogP contribution in [0.5, 0.6) is 0 Å². The highest BCUT2D eigenvalue weighted by molar-refractivity contribution is 7.97. The fraction of sp³-hybridized carbons (Fsp3) is 0.231. The fourth-order valence-corrected chi connectivity index (χ4v) is 2.51. The largest absolute Gasteiger partial charge is 0.463 e. The van der Waals surface area contributed by atoms with Gasteiger partial charge in [0.1, 0.15) is 11.5 Å². The van der Waals surface area contributed by atoms with Crippen LogP contribution in [-0.4, -0.2) is 6.26 Å². The minimum atomic E-state index is -0.603. The lowest BCUT2D eigenvalue weighted by Crippen LogP contribution is -1.98. The standard InChI is InChI=1S/C13H12Cl2FNOS/c1-19-7-10-3-2-9(18-10)6-17-8-4-11(14)13(16)12(15)5-8/h2-5,17H,6-7H2,1H3. The highest BCUT2D eigenvalue weighted by Crippen LogP contribution is 2.27. The third-order valence-electron chi connectivity index (χ3n) is 2.45. The highest BCUT2D eigenvalue weighted by atomic mass is 35.5. The Hall–Kier alpha value is -0.840. The summed E-state index contributed by atoms with van der Waals surface area (Å²) in [5.74, 6) is 1.98. The molecule has 0 radical (unpaired) electrons. The van der Waals surface area contributed by atoms with Gasteiger partial charge in [0.05, 0.1) is 22.3 Å². The molecule has 19 heavy (non-hydrogen) atoms. The monoisotopic (exact) mass is 319 g/mol. The summed E-state index contributed by atoms with van der Waals surface area (Å²) in [5.41, 5.74) is 0.652. The molecule has 1 aromatic heterocycles. The van der Waals surface area contributed by atoms with Crippen LogP contribution in [0.25, 0.3) is 0 Å². The Morgan fingerprint density at radius 2 is 1.84 bits per heavy atom. The predicted octanol–water partition coefficient (Wildman–Crippen LogP) is 5.20. The molecule has 0 unspecified atom stereocenters. The van der Waals surface area contributed by atoms with Gasteiger partial charge in [0.15, 0.2) is 5.82 Å². The number of hydrogen-bond acceptors (Lipinski definition) is 3. The van der Waals surface area contributed by atoms with Gasteiger partial charge in [-0.3, -0.25) is 0 Å². The van der Waals surface area contributed by atoms with E-state index in [9.17, 15) is 4.39 Å². The van der Waals surface area contributed by atoms with Crippen molar-refractivity contribution in [1.29, 1.82) is 0 Å². The fourth-order valence-electron chi connectivity index (χ4n) is 1.58. The zero-order valence-corrected chi connectivity index (χ0v) is 12.5. The van der Waals surface area contributed by atoms with E-state index in [4.69, 9.17) is 27.6 Å². The van der Waals surface area contributed by atoms with Crippen LogP contribution in [-0.2, 0) is 12.3 Å². The van der Waals surface area contributed by atoms with Crippen LogP contribution >= 0.6 is 35.0 Å². The molecule has 0 aliphatic rings. The second-order valence-electron chi connectivity index (χ2n) is 3.91. The quantitative estimate of drug-likeness (QED) is 0.767. The second-order valence-corrected chi connectivity index (χ2v) is 5.59. The molecule has 0 amide bonds. The Morgan fingerprint density at radius 1 is 1.21 bits per heavy atom. The van der Waals surface area contributed by atoms with Crippen molar-refractivity contribution in [3.8, 4) is 0 Å². The maximum Gasteiger partial charge on any atom is 0.160 e. The number of thioether (sulfide) groups is 1. The summed E-state index contributed by atoms with van der Waals surface area (Å²) >= 11 is 13.1. The van der Waals surface area contributed by atoms with Crippen LogP contribution in [0, 0.1) is 5.82 Å².